The summed E-state index contributed by atoms with van der Waals surface area (Å²) < 4.78 is 0. The lowest BCUT2D eigenvalue weighted by Gasteiger charge is -2.47. The molecule has 2 amide bonds. The molecule has 1 aliphatic heterocycles. The van der Waals surface area contributed by atoms with E-state index in [9.17, 15) is 4.79 Å². The van der Waals surface area contributed by atoms with Crippen LogP contribution in [-0.2, 0) is 0 Å². The smallest absolute Gasteiger partial charge is 0.318 e. The van der Waals surface area contributed by atoms with Crippen LogP contribution in [-0.4, -0.2) is 51.1 Å². The number of carbonyl (C=O) groups excluding carboxylic acids is 1. The zero-order valence-corrected chi connectivity index (χ0v) is 18.5. The highest BCUT2D eigenvalue weighted by molar-refractivity contribution is 6.30. The molecule has 7 nitrogen and oxygen atoms in total. The van der Waals surface area contributed by atoms with Gasteiger partial charge in [-0.2, -0.15) is 0 Å². The number of aryl methyl sites for hydroxylation is 1. The second-order valence-corrected chi connectivity index (χ2v) is 8.96. The van der Waals surface area contributed by atoms with Crippen LogP contribution < -0.4 is 10.2 Å². The minimum atomic E-state index is -0.362. The first-order valence-electron chi connectivity index (χ1n) is 10.1. The predicted octanol–water partition coefficient (Wildman–Crippen LogP) is 4.29. The van der Waals surface area contributed by atoms with Gasteiger partial charge < -0.3 is 20.1 Å². The molecule has 1 atom stereocenters. The number of hydrogen-bond acceptors (Lipinski definition) is 4. The molecule has 0 bridgehead atoms. The molecule has 3 aromatic rings. The molecule has 2 aromatic heterocycles. The second-order valence-electron chi connectivity index (χ2n) is 8.52. The van der Waals surface area contributed by atoms with Crippen LogP contribution >= 0.6 is 11.6 Å². The summed E-state index contributed by atoms with van der Waals surface area (Å²) in [6.07, 6.45) is 1.59. The zero-order valence-electron chi connectivity index (χ0n) is 17.7. The SMILES string of the molecule is Cc1cc2c(N3CCN(C(=O)N[C@@H](C)c4cccc(Cl)c4)C(C)(C)C3)ncnc2[nH]1. The van der Waals surface area contributed by atoms with Gasteiger partial charge in [0.05, 0.1) is 17.0 Å². The number of hydrogen-bond donors (Lipinski definition) is 2. The summed E-state index contributed by atoms with van der Waals surface area (Å²) in [6.45, 7) is 10.2. The first kappa shape index (κ1) is 20.5. The van der Waals surface area contributed by atoms with Crippen LogP contribution in [0.1, 0.15) is 38.1 Å². The minimum absolute atomic E-state index is 0.0718. The lowest BCUT2D eigenvalue weighted by Crippen LogP contribution is -2.63. The summed E-state index contributed by atoms with van der Waals surface area (Å²) in [5.41, 5.74) is 2.52. The highest BCUT2D eigenvalue weighted by Gasteiger charge is 2.38. The summed E-state index contributed by atoms with van der Waals surface area (Å²) in [7, 11) is 0. The number of fused-ring (bicyclic) bond motifs is 1. The van der Waals surface area contributed by atoms with Gasteiger partial charge in [0.15, 0.2) is 0 Å². The van der Waals surface area contributed by atoms with Crippen LogP contribution in [0.25, 0.3) is 11.0 Å². The highest BCUT2D eigenvalue weighted by Crippen LogP contribution is 2.29. The Kier molecular flexibility index (Phi) is 5.32. The zero-order chi connectivity index (χ0) is 21.5. The molecule has 158 valence electrons. The fourth-order valence-corrected chi connectivity index (χ4v) is 4.34. The highest BCUT2D eigenvalue weighted by atomic mass is 35.5. The van der Waals surface area contributed by atoms with Crippen molar-refractivity contribution >= 4 is 34.5 Å². The Labute approximate surface area is 181 Å². The number of rotatable bonds is 3. The van der Waals surface area contributed by atoms with Crippen LogP contribution in [0, 0.1) is 6.92 Å². The van der Waals surface area contributed by atoms with Gasteiger partial charge in [-0.05, 0) is 51.5 Å². The number of H-pyrrole nitrogens is 1. The lowest BCUT2D eigenvalue weighted by atomic mass is 9.99. The van der Waals surface area contributed by atoms with E-state index in [0.717, 1.165) is 28.1 Å². The molecule has 1 aliphatic rings. The van der Waals surface area contributed by atoms with E-state index in [1.807, 2.05) is 43.0 Å². The average Bonchev–Trinajstić information content (AvgIpc) is 3.07. The van der Waals surface area contributed by atoms with Crippen LogP contribution in [0.4, 0.5) is 10.6 Å². The predicted molar refractivity (Wildman–Crippen MR) is 120 cm³/mol. The summed E-state index contributed by atoms with van der Waals surface area (Å²) in [5, 5.41) is 4.79. The Morgan fingerprint density at radius 3 is 2.80 bits per heavy atom. The lowest BCUT2D eigenvalue weighted by molar-refractivity contribution is 0.121. The number of aromatic nitrogens is 3. The van der Waals surface area contributed by atoms with Gasteiger partial charge in [0, 0.05) is 30.4 Å². The maximum absolute atomic E-state index is 13.1. The third-order valence-corrected chi connectivity index (χ3v) is 5.91. The van der Waals surface area contributed by atoms with Gasteiger partial charge in [-0.15, -0.1) is 0 Å². The fraction of sp³-hybridized carbons (Fsp3) is 0.409. The Morgan fingerprint density at radius 2 is 2.07 bits per heavy atom. The van der Waals surface area contributed by atoms with E-state index in [1.165, 1.54) is 0 Å². The van der Waals surface area contributed by atoms with Crippen molar-refractivity contribution in [3.8, 4) is 0 Å². The topological polar surface area (TPSA) is 77.2 Å². The number of aromatic amines is 1. The van der Waals surface area contributed by atoms with E-state index < -0.39 is 0 Å². The molecular weight excluding hydrogens is 400 g/mol. The van der Waals surface area contributed by atoms with Crippen molar-refractivity contribution in [3.05, 3.63) is 52.9 Å². The molecule has 0 spiro atoms. The Bertz CT molecular complexity index is 1080. The molecule has 3 heterocycles. The largest absolute Gasteiger partial charge is 0.352 e. The van der Waals surface area contributed by atoms with E-state index in [1.54, 1.807) is 6.33 Å². The van der Waals surface area contributed by atoms with Gasteiger partial charge in [0.1, 0.15) is 17.8 Å². The van der Waals surface area contributed by atoms with Gasteiger partial charge in [0.25, 0.3) is 0 Å². The van der Waals surface area contributed by atoms with Crippen LogP contribution in [0.5, 0.6) is 0 Å². The molecule has 0 radical (unpaired) electrons. The number of piperazine rings is 1. The van der Waals surface area contributed by atoms with E-state index >= 15 is 0 Å². The summed E-state index contributed by atoms with van der Waals surface area (Å²) in [4.78, 5) is 29.4. The maximum Gasteiger partial charge on any atom is 0.318 e. The van der Waals surface area contributed by atoms with Crippen molar-refractivity contribution < 1.29 is 4.79 Å². The quantitative estimate of drug-likeness (QED) is 0.654. The molecular formula is C22H27ClN6O. The number of benzene rings is 1. The molecule has 8 heteroatoms. The van der Waals surface area contributed by atoms with Gasteiger partial charge in [0.2, 0.25) is 0 Å². The third kappa shape index (κ3) is 3.94. The van der Waals surface area contributed by atoms with Crippen molar-refractivity contribution in [1.82, 2.24) is 25.2 Å². The van der Waals surface area contributed by atoms with Crippen LogP contribution in [0.15, 0.2) is 36.7 Å². The first-order valence-corrected chi connectivity index (χ1v) is 10.5. The van der Waals surface area contributed by atoms with Crippen LogP contribution in [0.2, 0.25) is 5.02 Å². The third-order valence-electron chi connectivity index (χ3n) is 5.67. The van der Waals surface area contributed by atoms with E-state index in [4.69, 9.17) is 11.6 Å². The standard InChI is InChI=1S/C22H27ClN6O/c1-14-10-18-19(26-14)24-13-25-20(18)28-8-9-29(22(3,4)12-28)21(30)27-15(2)16-6-5-7-17(23)11-16/h5-7,10-11,13,15H,8-9,12H2,1-4H3,(H,27,30)(H,24,25,26)/t15-/m0/s1. The molecule has 30 heavy (non-hydrogen) atoms. The average molecular weight is 427 g/mol. The van der Waals surface area contributed by atoms with E-state index in [0.29, 0.717) is 24.7 Å². The number of amides is 2. The van der Waals surface area contributed by atoms with Crippen molar-refractivity contribution in [3.63, 3.8) is 0 Å². The maximum atomic E-state index is 13.1. The van der Waals surface area contributed by atoms with Gasteiger partial charge in [-0.1, -0.05) is 23.7 Å². The number of carbonyl (C=O) groups is 1. The summed E-state index contributed by atoms with van der Waals surface area (Å²) >= 11 is 6.10. The molecule has 1 fully saturated rings. The molecule has 0 unspecified atom stereocenters. The molecule has 0 aliphatic carbocycles. The Balaban J connectivity index is 1.49. The summed E-state index contributed by atoms with van der Waals surface area (Å²) in [6, 6.07) is 9.45. The minimum Gasteiger partial charge on any atom is -0.352 e. The fourth-order valence-electron chi connectivity index (χ4n) is 4.14. The van der Waals surface area contributed by atoms with Crippen molar-refractivity contribution in [2.24, 2.45) is 0 Å². The van der Waals surface area contributed by atoms with Gasteiger partial charge in [-0.3, -0.25) is 0 Å². The number of anilines is 1. The Hall–Kier alpha value is -2.80. The monoisotopic (exact) mass is 426 g/mol. The number of nitrogens with one attached hydrogen (secondary N) is 2. The van der Waals surface area contributed by atoms with Gasteiger partial charge in [-0.25, -0.2) is 14.8 Å². The molecule has 1 saturated heterocycles. The second kappa shape index (κ2) is 7.80. The number of halogens is 1. The van der Waals surface area contributed by atoms with Crippen molar-refractivity contribution in [2.75, 3.05) is 24.5 Å². The molecule has 4 rings (SSSR count). The summed E-state index contributed by atoms with van der Waals surface area (Å²) in [5.74, 6) is 0.907. The first-order chi connectivity index (χ1) is 14.2. The normalized spacial score (nSPS) is 17.2. The van der Waals surface area contributed by atoms with Crippen molar-refractivity contribution in [2.45, 2.75) is 39.3 Å². The molecule has 1 aromatic carbocycles. The van der Waals surface area contributed by atoms with Gasteiger partial charge >= 0.3 is 6.03 Å². The number of nitrogens with zero attached hydrogens (tertiary/aromatic N) is 4. The van der Waals surface area contributed by atoms with E-state index in [-0.39, 0.29) is 17.6 Å². The van der Waals surface area contributed by atoms with E-state index in [2.05, 4.69) is 45.1 Å². The number of urea groups is 1. The Morgan fingerprint density at radius 1 is 1.27 bits per heavy atom. The molecule has 0 saturated carbocycles. The van der Waals surface area contributed by atoms with Crippen molar-refractivity contribution in [1.29, 1.82) is 0 Å². The van der Waals surface area contributed by atoms with Crippen LogP contribution in [0.3, 0.4) is 0 Å². The molecule has 2 N–H and O–H groups in total.